The standard InChI is InChI=1S/C22H24N2O2/c1-2-26-20-12-10-18(11-13-20)17-23-22(25)16-21(24-14-6-7-15-24)19-8-4-3-5-9-19/h3-15,21H,2,16-17H2,1H3,(H,23,25)/t21-/m1/s1. The van der Waals surface area contributed by atoms with Gasteiger partial charge in [-0.2, -0.15) is 0 Å². The Hall–Kier alpha value is -3.01. The predicted molar refractivity (Wildman–Crippen MR) is 103 cm³/mol. The normalized spacial score (nSPS) is 11.7. The lowest BCUT2D eigenvalue weighted by molar-refractivity contribution is -0.121. The highest BCUT2D eigenvalue weighted by Gasteiger charge is 2.16. The van der Waals surface area contributed by atoms with Crippen LogP contribution in [0.2, 0.25) is 0 Å². The fraction of sp³-hybridized carbons (Fsp3) is 0.227. The number of carbonyl (C=O) groups is 1. The number of aromatic nitrogens is 1. The van der Waals surface area contributed by atoms with Crippen molar-refractivity contribution in [1.82, 2.24) is 9.88 Å². The summed E-state index contributed by atoms with van der Waals surface area (Å²) in [6.45, 7) is 3.12. The van der Waals surface area contributed by atoms with Crippen LogP contribution in [0.1, 0.15) is 30.5 Å². The molecule has 3 aromatic rings. The van der Waals surface area contributed by atoms with Crippen LogP contribution in [0.15, 0.2) is 79.1 Å². The smallest absolute Gasteiger partial charge is 0.222 e. The van der Waals surface area contributed by atoms with Gasteiger partial charge in [-0.15, -0.1) is 0 Å². The molecule has 134 valence electrons. The predicted octanol–water partition coefficient (Wildman–Crippen LogP) is 4.18. The lowest BCUT2D eigenvalue weighted by Gasteiger charge is -2.19. The number of hydrogen-bond acceptors (Lipinski definition) is 2. The molecule has 0 unspecified atom stereocenters. The van der Waals surface area contributed by atoms with Crippen molar-refractivity contribution in [2.75, 3.05) is 6.61 Å². The van der Waals surface area contributed by atoms with Gasteiger partial charge in [0.25, 0.3) is 0 Å². The lowest BCUT2D eigenvalue weighted by atomic mass is 10.0. The third kappa shape index (κ3) is 4.76. The second kappa shape index (κ2) is 8.90. The van der Waals surface area contributed by atoms with E-state index in [2.05, 4.69) is 22.0 Å². The number of hydrogen-bond donors (Lipinski definition) is 1. The molecule has 0 saturated heterocycles. The van der Waals surface area contributed by atoms with Crippen LogP contribution in [0.3, 0.4) is 0 Å². The Labute approximate surface area is 154 Å². The molecule has 0 saturated carbocycles. The van der Waals surface area contributed by atoms with Crippen LogP contribution in [0.5, 0.6) is 5.75 Å². The summed E-state index contributed by atoms with van der Waals surface area (Å²) in [7, 11) is 0. The van der Waals surface area contributed by atoms with Gasteiger partial charge in [0, 0.05) is 18.9 Å². The van der Waals surface area contributed by atoms with E-state index in [1.54, 1.807) is 0 Å². The molecule has 0 bridgehead atoms. The monoisotopic (exact) mass is 348 g/mol. The minimum atomic E-state index is -0.00784. The molecular formula is C22H24N2O2. The maximum atomic E-state index is 12.5. The fourth-order valence-corrected chi connectivity index (χ4v) is 2.94. The third-order valence-electron chi connectivity index (χ3n) is 4.27. The van der Waals surface area contributed by atoms with Crippen LogP contribution in [-0.4, -0.2) is 17.1 Å². The zero-order valence-electron chi connectivity index (χ0n) is 15.0. The fourth-order valence-electron chi connectivity index (χ4n) is 2.94. The number of nitrogens with one attached hydrogen (secondary N) is 1. The Morgan fingerprint density at radius 1 is 1.00 bits per heavy atom. The Balaban J connectivity index is 1.61. The number of amides is 1. The van der Waals surface area contributed by atoms with Crippen molar-refractivity contribution in [2.24, 2.45) is 0 Å². The molecule has 4 nitrogen and oxygen atoms in total. The summed E-state index contributed by atoms with van der Waals surface area (Å²) in [5, 5.41) is 3.02. The van der Waals surface area contributed by atoms with Gasteiger partial charge in [0.15, 0.2) is 0 Å². The molecule has 1 heterocycles. The summed E-state index contributed by atoms with van der Waals surface area (Å²) in [5.74, 6) is 0.876. The van der Waals surface area contributed by atoms with E-state index in [1.165, 1.54) is 0 Å². The van der Waals surface area contributed by atoms with E-state index >= 15 is 0 Å². The van der Waals surface area contributed by atoms with Crippen molar-refractivity contribution in [2.45, 2.75) is 25.9 Å². The Morgan fingerprint density at radius 2 is 1.69 bits per heavy atom. The van der Waals surface area contributed by atoms with Crippen LogP contribution in [-0.2, 0) is 11.3 Å². The van der Waals surface area contributed by atoms with Crippen LogP contribution in [0, 0.1) is 0 Å². The van der Waals surface area contributed by atoms with E-state index in [0.717, 1.165) is 16.9 Å². The zero-order valence-corrected chi connectivity index (χ0v) is 15.0. The SMILES string of the molecule is CCOc1ccc(CNC(=O)C[C@H](c2ccccc2)n2cccc2)cc1. The van der Waals surface area contributed by atoms with E-state index in [4.69, 9.17) is 4.74 Å². The highest BCUT2D eigenvalue weighted by Crippen LogP contribution is 2.22. The average molecular weight is 348 g/mol. The first-order valence-corrected chi connectivity index (χ1v) is 8.92. The Kier molecular flexibility index (Phi) is 6.09. The van der Waals surface area contributed by atoms with Crippen molar-refractivity contribution >= 4 is 5.91 Å². The highest BCUT2D eigenvalue weighted by molar-refractivity contribution is 5.76. The maximum Gasteiger partial charge on any atom is 0.222 e. The summed E-state index contributed by atoms with van der Waals surface area (Å²) < 4.78 is 7.51. The van der Waals surface area contributed by atoms with Gasteiger partial charge >= 0.3 is 0 Å². The molecule has 1 atom stereocenters. The molecule has 0 radical (unpaired) electrons. The molecular weight excluding hydrogens is 324 g/mol. The van der Waals surface area contributed by atoms with Gasteiger partial charge in [-0.25, -0.2) is 0 Å². The minimum Gasteiger partial charge on any atom is -0.494 e. The number of rotatable bonds is 8. The molecule has 1 aromatic heterocycles. The summed E-state index contributed by atoms with van der Waals surface area (Å²) in [6.07, 6.45) is 4.39. The van der Waals surface area contributed by atoms with Crippen LogP contribution in [0.4, 0.5) is 0 Å². The largest absolute Gasteiger partial charge is 0.494 e. The van der Waals surface area contributed by atoms with Gasteiger partial charge in [-0.3, -0.25) is 4.79 Å². The van der Waals surface area contributed by atoms with Gasteiger partial charge < -0.3 is 14.6 Å². The van der Waals surface area contributed by atoms with Crippen molar-refractivity contribution < 1.29 is 9.53 Å². The van der Waals surface area contributed by atoms with Crippen molar-refractivity contribution in [3.8, 4) is 5.75 Å². The number of ether oxygens (including phenoxy) is 1. The molecule has 0 aliphatic heterocycles. The van der Waals surface area contributed by atoms with Gasteiger partial charge in [0.2, 0.25) is 5.91 Å². The summed E-state index contributed by atoms with van der Waals surface area (Å²) >= 11 is 0. The number of carbonyl (C=O) groups excluding carboxylic acids is 1. The van der Waals surface area contributed by atoms with Crippen molar-refractivity contribution in [3.63, 3.8) is 0 Å². The molecule has 0 aliphatic rings. The van der Waals surface area contributed by atoms with Crippen LogP contribution in [0.25, 0.3) is 0 Å². The molecule has 4 heteroatoms. The molecule has 0 fully saturated rings. The maximum absolute atomic E-state index is 12.5. The molecule has 1 N–H and O–H groups in total. The molecule has 0 spiro atoms. The second-order valence-corrected chi connectivity index (χ2v) is 6.11. The number of benzene rings is 2. The first-order valence-electron chi connectivity index (χ1n) is 8.92. The topological polar surface area (TPSA) is 43.3 Å². The highest BCUT2D eigenvalue weighted by atomic mass is 16.5. The Morgan fingerprint density at radius 3 is 2.35 bits per heavy atom. The van der Waals surface area contributed by atoms with E-state index in [9.17, 15) is 4.79 Å². The first-order chi connectivity index (χ1) is 12.8. The quantitative estimate of drug-likeness (QED) is 0.663. The molecule has 3 rings (SSSR count). The van der Waals surface area contributed by atoms with Crippen LogP contribution < -0.4 is 10.1 Å². The zero-order chi connectivity index (χ0) is 18.2. The number of nitrogens with zero attached hydrogens (tertiary/aromatic N) is 1. The first kappa shape index (κ1) is 17.8. The van der Waals surface area contributed by atoms with Crippen molar-refractivity contribution in [1.29, 1.82) is 0 Å². The van der Waals surface area contributed by atoms with E-state index in [1.807, 2.05) is 73.9 Å². The Bertz CT molecular complexity index is 796. The summed E-state index contributed by atoms with van der Waals surface area (Å²) in [4.78, 5) is 12.5. The minimum absolute atomic E-state index is 0.00784. The average Bonchev–Trinajstić information content (AvgIpc) is 3.21. The van der Waals surface area contributed by atoms with Gasteiger partial charge in [0.1, 0.15) is 5.75 Å². The van der Waals surface area contributed by atoms with Crippen LogP contribution >= 0.6 is 0 Å². The van der Waals surface area contributed by atoms with Gasteiger partial charge in [-0.05, 0) is 42.3 Å². The van der Waals surface area contributed by atoms with E-state index in [0.29, 0.717) is 19.6 Å². The lowest BCUT2D eigenvalue weighted by Crippen LogP contribution is -2.26. The second-order valence-electron chi connectivity index (χ2n) is 6.11. The molecule has 0 aliphatic carbocycles. The molecule has 26 heavy (non-hydrogen) atoms. The third-order valence-corrected chi connectivity index (χ3v) is 4.27. The molecule has 1 amide bonds. The van der Waals surface area contributed by atoms with E-state index < -0.39 is 0 Å². The summed E-state index contributed by atoms with van der Waals surface area (Å²) in [5.41, 5.74) is 2.18. The van der Waals surface area contributed by atoms with Gasteiger partial charge in [-0.1, -0.05) is 42.5 Å². The van der Waals surface area contributed by atoms with E-state index in [-0.39, 0.29) is 11.9 Å². The van der Waals surface area contributed by atoms with Crippen molar-refractivity contribution in [3.05, 3.63) is 90.3 Å². The van der Waals surface area contributed by atoms with Gasteiger partial charge in [0.05, 0.1) is 19.1 Å². The molecule has 2 aromatic carbocycles. The summed E-state index contributed by atoms with van der Waals surface area (Å²) in [6, 6.07) is 21.9.